The normalized spacial score (nSPS) is 12.5. The van der Waals surface area contributed by atoms with Crippen molar-refractivity contribution in [3.05, 3.63) is 94.9 Å². The third-order valence-corrected chi connectivity index (χ3v) is 5.63. The van der Waals surface area contributed by atoms with Crippen LogP contribution in [0, 0.1) is 5.82 Å². The van der Waals surface area contributed by atoms with Gasteiger partial charge in [-0.3, -0.25) is 9.69 Å². The summed E-state index contributed by atoms with van der Waals surface area (Å²) in [5, 5.41) is 12.5. The Morgan fingerprint density at radius 1 is 1.06 bits per heavy atom. The van der Waals surface area contributed by atoms with Crippen LogP contribution in [-0.4, -0.2) is 27.0 Å². The van der Waals surface area contributed by atoms with Crippen molar-refractivity contribution in [1.82, 2.24) is 9.97 Å². The van der Waals surface area contributed by atoms with Crippen LogP contribution in [0.5, 0.6) is 0 Å². The third kappa shape index (κ3) is 3.95. The molecule has 2 heterocycles. The van der Waals surface area contributed by atoms with Crippen molar-refractivity contribution in [1.29, 1.82) is 0 Å². The van der Waals surface area contributed by atoms with Crippen LogP contribution >= 0.6 is 11.6 Å². The summed E-state index contributed by atoms with van der Waals surface area (Å²) in [6, 6.07) is 17.2. The van der Waals surface area contributed by atoms with Crippen molar-refractivity contribution in [3.63, 3.8) is 0 Å². The molecule has 1 amide bonds. The largest absolute Gasteiger partial charge is 0.478 e. The molecular formula is C25H16ClFN4O3. The van der Waals surface area contributed by atoms with Gasteiger partial charge in [0.15, 0.2) is 0 Å². The van der Waals surface area contributed by atoms with Crippen LogP contribution in [-0.2, 0) is 11.2 Å². The highest BCUT2D eigenvalue weighted by atomic mass is 35.5. The molecule has 0 aliphatic carbocycles. The van der Waals surface area contributed by atoms with Gasteiger partial charge < -0.3 is 10.4 Å². The Labute approximate surface area is 198 Å². The van der Waals surface area contributed by atoms with E-state index in [2.05, 4.69) is 15.3 Å². The van der Waals surface area contributed by atoms with E-state index in [0.29, 0.717) is 33.2 Å². The lowest BCUT2D eigenvalue weighted by Crippen LogP contribution is -2.27. The number of carbonyl (C=O) groups is 2. The fourth-order valence-corrected chi connectivity index (χ4v) is 3.98. The van der Waals surface area contributed by atoms with E-state index >= 15 is 0 Å². The van der Waals surface area contributed by atoms with Gasteiger partial charge in [-0.2, -0.15) is 0 Å². The van der Waals surface area contributed by atoms with Crippen LogP contribution in [0.3, 0.4) is 0 Å². The SMILES string of the molecule is O=C(O)c1ccc(Nc2ncc3c(n2)-c2ccc(Cl)cc2N(c2ccccc2F)C(=O)C3)cc1. The van der Waals surface area contributed by atoms with E-state index < -0.39 is 11.8 Å². The number of rotatable bonds is 4. The Hall–Kier alpha value is -4.30. The lowest BCUT2D eigenvalue weighted by Gasteiger charge is -2.23. The Bertz CT molecular complexity index is 1440. The summed E-state index contributed by atoms with van der Waals surface area (Å²) >= 11 is 6.25. The average molecular weight is 475 g/mol. The molecule has 0 spiro atoms. The number of hydrogen-bond acceptors (Lipinski definition) is 5. The number of halogens is 2. The number of carboxylic acids is 1. The summed E-state index contributed by atoms with van der Waals surface area (Å²) in [4.78, 5) is 34.6. The highest BCUT2D eigenvalue weighted by Crippen LogP contribution is 2.41. The molecule has 4 aromatic rings. The minimum atomic E-state index is -1.02. The molecule has 0 radical (unpaired) electrons. The van der Waals surface area contributed by atoms with Crippen molar-refractivity contribution < 1.29 is 19.1 Å². The second-order valence-electron chi connectivity index (χ2n) is 7.59. The van der Waals surface area contributed by atoms with E-state index in [1.165, 1.54) is 29.2 Å². The number of hydrogen-bond donors (Lipinski definition) is 2. The maximum atomic E-state index is 14.7. The van der Waals surface area contributed by atoms with Crippen molar-refractivity contribution >= 4 is 46.5 Å². The van der Waals surface area contributed by atoms with Gasteiger partial charge in [0.25, 0.3) is 0 Å². The number of fused-ring (bicyclic) bond motifs is 3. The number of para-hydroxylation sites is 1. The molecule has 0 bridgehead atoms. The van der Waals surface area contributed by atoms with Crippen molar-refractivity contribution in [3.8, 4) is 11.3 Å². The number of nitrogens with one attached hydrogen (secondary N) is 1. The number of aromatic nitrogens is 2. The first-order valence-electron chi connectivity index (χ1n) is 10.2. The molecule has 5 rings (SSSR count). The van der Waals surface area contributed by atoms with Gasteiger partial charge in [0.2, 0.25) is 11.9 Å². The average Bonchev–Trinajstić information content (AvgIpc) is 2.93. The minimum Gasteiger partial charge on any atom is -0.478 e. The fraction of sp³-hybridized carbons (Fsp3) is 0.0400. The first-order chi connectivity index (χ1) is 16.4. The van der Waals surface area contributed by atoms with E-state index in [4.69, 9.17) is 16.7 Å². The van der Waals surface area contributed by atoms with Gasteiger partial charge in [-0.15, -0.1) is 0 Å². The maximum Gasteiger partial charge on any atom is 0.335 e. The molecular weight excluding hydrogens is 459 g/mol. The molecule has 0 unspecified atom stereocenters. The molecule has 0 fully saturated rings. The number of carbonyl (C=O) groups excluding carboxylic acids is 1. The molecule has 34 heavy (non-hydrogen) atoms. The summed E-state index contributed by atoms with van der Waals surface area (Å²) in [6.07, 6.45) is 1.51. The fourth-order valence-electron chi connectivity index (χ4n) is 3.82. The van der Waals surface area contributed by atoms with Crippen LogP contribution in [0.15, 0.2) is 72.9 Å². The minimum absolute atomic E-state index is 0.0381. The first-order valence-corrected chi connectivity index (χ1v) is 10.6. The molecule has 1 aliphatic heterocycles. The van der Waals surface area contributed by atoms with Gasteiger partial charge in [0, 0.05) is 28.0 Å². The zero-order chi connectivity index (χ0) is 23.8. The van der Waals surface area contributed by atoms with Gasteiger partial charge in [-0.25, -0.2) is 19.2 Å². The lowest BCUT2D eigenvalue weighted by atomic mass is 10.0. The van der Waals surface area contributed by atoms with Gasteiger partial charge in [-0.05, 0) is 54.6 Å². The quantitative estimate of drug-likeness (QED) is 0.400. The van der Waals surface area contributed by atoms with E-state index in [1.807, 2.05) is 0 Å². The van der Waals surface area contributed by atoms with Crippen LogP contribution in [0.25, 0.3) is 11.3 Å². The molecule has 9 heteroatoms. The monoisotopic (exact) mass is 474 g/mol. The summed E-state index contributed by atoms with van der Waals surface area (Å²) < 4.78 is 14.7. The zero-order valence-electron chi connectivity index (χ0n) is 17.5. The number of anilines is 4. The standard InChI is InChI=1S/C25H16ClFN4O3/c26-16-7-10-18-21(12-16)31(20-4-2-1-3-19(20)27)22(32)11-15-13-28-25(30-23(15)18)29-17-8-5-14(6-9-17)24(33)34/h1-10,12-13H,11H2,(H,33,34)(H,28,29,30). The number of aromatic carboxylic acids is 1. The first kappa shape index (κ1) is 21.5. The summed E-state index contributed by atoms with van der Waals surface area (Å²) in [7, 11) is 0. The summed E-state index contributed by atoms with van der Waals surface area (Å²) in [5.74, 6) is -1.64. The maximum absolute atomic E-state index is 14.7. The van der Waals surface area contributed by atoms with Gasteiger partial charge in [0.1, 0.15) is 5.82 Å². The van der Waals surface area contributed by atoms with Gasteiger partial charge in [-0.1, -0.05) is 23.7 Å². The highest BCUT2D eigenvalue weighted by Gasteiger charge is 2.30. The van der Waals surface area contributed by atoms with E-state index in [-0.39, 0.29) is 29.5 Å². The molecule has 0 atom stereocenters. The van der Waals surface area contributed by atoms with Gasteiger partial charge in [0.05, 0.1) is 29.1 Å². The third-order valence-electron chi connectivity index (χ3n) is 5.39. The van der Waals surface area contributed by atoms with Crippen LogP contribution in [0.2, 0.25) is 5.02 Å². The van der Waals surface area contributed by atoms with Crippen molar-refractivity contribution in [2.45, 2.75) is 6.42 Å². The Balaban J connectivity index is 1.60. The van der Waals surface area contributed by atoms with Crippen molar-refractivity contribution in [2.75, 3.05) is 10.2 Å². The van der Waals surface area contributed by atoms with Crippen molar-refractivity contribution in [2.24, 2.45) is 0 Å². The Morgan fingerprint density at radius 3 is 2.56 bits per heavy atom. The second kappa shape index (κ2) is 8.57. The topological polar surface area (TPSA) is 95.4 Å². The number of nitrogens with zero attached hydrogens (tertiary/aromatic N) is 3. The van der Waals surface area contributed by atoms with Gasteiger partial charge >= 0.3 is 5.97 Å². The number of carboxylic acid groups (broad SMARTS) is 1. The second-order valence-corrected chi connectivity index (χ2v) is 8.03. The molecule has 168 valence electrons. The molecule has 3 aromatic carbocycles. The van der Waals surface area contributed by atoms with Crippen LogP contribution in [0.4, 0.5) is 27.4 Å². The van der Waals surface area contributed by atoms with E-state index in [0.717, 1.165) is 0 Å². The molecule has 2 N–H and O–H groups in total. The van der Waals surface area contributed by atoms with E-state index in [1.54, 1.807) is 48.7 Å². The molecule has 7 nitrogen and oxygen atoms in total. The Kier molecular flexibility index (Phi) is 5.43. The molecule has 1 aliphatic rings. The van der Waals surface area contributed by atoms with Crippen LogP contribution in [0.1, 0.15) is 15.9 Å². The molecule has 1 aromatic heterocycles. The van der Waals surface area contributed by atoms with E-state index in [9.17, 15) is 14.0 Å². The number of benzene rings is 3. The smallest absolute Gasteiger partial charge is 0.335 e. The highest BCUT2D eigenvalue weighted by molar-refractivity contribution is 6.31. The summed E-state index contributed by atoms with van der Waals surface area (Å²) in [5.41, 5.74) is 2.98. The zero-order valence-corrected chi connectivity index (χ0v) is 18.3. The molecule has 0 saturated heterocycles. The Morgan fingerprint density at radius 2 is 1.82 bits per heavy atom. The molecule has 0 saturated carbocycles. The predicted molar refractivity (Wildman–Crippen MR) is 126 cm³/mol. The lowest BCUT2D eigenvalue weighted by molar-refractivity contribution is -0.117. The van der Waals surface area contributed by atoms with Crippen LogP contribution < -0.4 is 10.2 Å². The number of amides is 1. The summed E-state index contributed by atoms with van der Waals surface area (Å²) in [6.45, 7) is 0. The predicted octanol–water partition coefficient (Wildman–Crippen LogP) is 5.60.